The van der Waals surface area contributed by atoms with Crippen molar-refractivity contribution in [2.45, 2.75) is 19.9 Å². The van der Waals surface area contributed by atoms with Crippen LogP contribution in [-0.4, -0.2) is 10.5 Å². The molecule has 106 valence electrons. The maximum absolute atomic E-state index is 12.3. The average Bonchev–Trinajstić information content (AvgIpc) is 2.74. The number of benzene rings is 1. The third kappa shape index (κ3) is 3.65. The highest BCUT2D eigenvalue weighted by Crippen LogP contribution is 2.26. The number of carbonyl (C=O) groups excluding carboxylic acids is 1. The predicted molar refractivity (Wildman–Crippen MR) is 89.5 cm³/mol. The van der Waals surface area contributed by atoms with Crippen LogP contribution in [0.25, 0.3) is 0 Å². The Morgan fingerprint density at radius 3 is 2.70 bits per heavy atom. The molecule has 0 saturated carbocycles. The van der Waals surface area contributed by atoms with E-state index in [1.54, 1.807) is 18.2 Å². The first-order valence-electron chi connectivity index (χ1n) is 6.13. The van der Waals surface area contributed by atoms with Crippen molar-refractivity contribution in [3.63, 3.8) is 0 Å². The van der Waals surface area contributed by atoms with Crippen molar-refractivity contribution in [3.05, 3.63) is 50.1 Å². The van der Waals surface area contributed by atoms with Gasteiger partial charge in [-0.15, -0.1) is 0 Å². The molecule has 0 spiro atoms. The van der Waals surface area contributed by atoms with Gasteiger partial charge in [0, 0.05) is 21.7 Å². The first-order chi connectivity index (χ1) is 9.51. The number of halogens is 3. The standard InChI is InChI=1S/C14H13Br2ClN2O/c1-2-5-19-8-10(16)7-13(19)14(20)18-12-4-3-9(15)6-11(12)17/h3-4,6-8H,2,5H2,1H3,(H,18,20). The van der Waals surface area contributed by atoms with E-state index in [1.165, 1.54) is 0 Å². The highest BCUT2D eigenvalue weighted by Gasteiger charge is 2.14. The number of hydrogen-bond acceptors (Lipinski definition) is 1. The lowest BCUT2D eigenvalue weighted by molar-refractivity contribution is 0.101. The fourth-order valence-corrected chi connectivity index (χ4v) is 3.05. The van der Waals surface area contributed by atoms with E-state index in [9.17, 15) is 4.79 Å². The molecule has 0 atom stereocenters. The van der Waals surface area contributed by atoms with Gasteiger partial charge in [-0.1, -0.05) is 34.5 Å². The highest BCUT2D eigenvalue weighted by molar-refractivity contribution is 9.10. The van der Waals surface area contributed by atoms with Crippen molar-refractivity contribution >= 4 is 55.1 Å². The molecular formula is C14H13Br2ClN2O. The molecule has 0 aliphatic heterocycles. The largest absolute Gasteiger partial charge is 0.342 e. The van der Waals surface area contributed by atoms with Crippen molar-refractivity contribution in [1.29, 1.82) is 0 Å². The lowest BCUT2D eigenvalue weighted by Gasteiger charge is -2.10. The van der Waals surface area contributed by atoms with Gasteiger partial charge >= 0.3 is 0 Å². The molecule has 0 aliphatic rings. The van der Waals surface area contributed by atoms with Gasteiger partial charge in [-0.3, -0.25) is 4.79 Å². The van der Waals surface area contributed by atoms with Crippen molar-refractivity contribution in [3.8, 4) is 0 Å². The quantitative estimate of drug-likeness (QED) is 0.713. The molecule has 1 aromatic heterocycles. The minimum absolute atomic E-state index is 0.173. The van der Waals surface area contributed by atoms with Gasteiger partial charge in [0.15, 0.2) is 0 Å². The maximum Gasteiger partial charge on any atom is 0.272 e. The maximum atomic E-state index is 12.3. The lowest BCUT2D eigenvalue weighted by atomic mass is 10.3. The first-order valence-corrected chi connectivity index (χ1v) is 8.09. The Bertz CT molecular complexity index is 640. The van der Waals surface area contributed by atoms with E-state index in [0.29, 0.717) is 16.4 Å². The van der Waals surface area contributed by atoms with Gasteiger partial charge in [0.05, 0.1) is 10.7 Å². The minimum Gasteiger partial charge on any atom is -0.342 e. The molecule has 1 aromatic carbocycles. The summed E-state index contributed by atoms with van der Waals surface area (Å²) in [6.45, 7) is 2.86. The summed E-state index contributed by atoms with van der Waals surface area (Å²) in [5, 5.41) is 3.33. The van der Waals surface area contributed by atoms with Crippen molar-refractivity contribution < 1.29 is 4.79 Å². The van der Waals surface area contributed by atoms with E-state index in [-0.39, 0.29) is 5.91 Å². The Balaban J connectivity index is 2.23. The first kappa shape index (κ1) is 15.6. The van der Waals surface area contributed by atoms with Gasteiger partial charge < -0.3 is 9.88 Å². The molecule has 2 aromatic rings. The summed E-state index contributed by atoms with van der Waals surface area (Å²) in [6.07, 6.45) is 2.86. The van der Waals surface area contributed by atoms with E-state index in [2.05, 4.69) is 44.1 Å². The normalized spacial score (nSPS) is 10.6. The van der Waals surface area contributed by atoms with Crippen LogP contribution >= 0.6 is 43.5 Å². The number of amides is 1. The lowest BCUT2D eigenvalue weighted by Crippen LogP contribution is -2.17. The molecule has 0 fully saturated rings. The zero-order valence-corrected chi connectivity index (χ0v) is 14.7. The van der Waals surface area contributed by atoms with Crippen LogP contribution in [0.5, 0.6) is 0 Å². The summed E-state index contributed by atoms with van der Waals surface area (Å²) in [5.41, 5.74) is 1.21. The fraction of sp³-hybridized carbons (Fsp3) is 0.214. The van der Waals surface area contributed by atoms with Gasteiger partial charge in [-0.05, 0) is 46.6 Å². The molecule has 0 radical (unpaired) electrons. The fourth-order valence-electron chi connectivity index (χ4n) is 1.87. The zero-order valence-electron chi connectivity index (χ0n) is 10.8. The number of nitrogens with one attached hydrogen (secondary N) is 1. The van der Waals surface area contributed by atoms with Crippen LogP contribution in [0.2, 0.25) is 5.02 Å². The predicted octanol–water partition coefficient (Wildman–Crippen LogP) is 5.33. The average molecular weight is 421 g/mol. The number of nitrogens with zero attached hydrogens (tertiary/aromatic N) is 1. The van der Waals surface area contributed by atoms with Crippen LogP contribution in [0, 0.1) is 0 Å². The van der Waals surface area contributed by atoms with E-state index in [1.807, 2.05) is 16.8 Å². The van der Waals surface area contributed by atoms with Crippen molar-refractivity contribution in [1.82, 2.24) is 4.57 Å². The second kappa shape index (κ2) is 6.78. The Labute approximate surface area is 139 Å². The van der Waals surface area contributed by atoms with Gasteiger partial charge in [0.1, 0.15) is 5.69 Å². The summed E-state index contributed by atoms with van der Waals surface area (Å²) in [6, 6.07) is 7.16. The molecule has 1 heterocycles. The van der Waals surface area contributed by atoms with E-state index < -0.39 is 0 Å². The molecule has 20 heavy (non-hydrogen) atoms. The van der Waals surface area contributed by atoms with Crippen LogP contribution < -0.4 is 5.32 Å². The van der Waals surface area contributed by atoms with Gasteiger partial charge in [0.2, 0.25) is 0 Å². The molecule has 0 saturated heterocycles. The molecule has 0 aliphatic carbocycles. The number of carbonyl (C=O) groups is 1. The van der Waals surface area contributed by atoms with E-state index >= 15 is 0 Å². The van der Waals surface area contributed by atoms with Crippen molar-refractivity contribution in [2.24, 2.45) is 0 Å². The third-order valence-corrected chi connectivity index (χ3v) is 3.98. The van der Waals surface area contributed by atoms with Crippen LogP contribution in [0.1, 0.15) is 23.8 Å². The smallest absolute Gasteiger partial charge is 0.272 e. The number of hydrogen-bond donors (Lipinski definition) is 1. The monoisotopic (exact) mass is 418 g/mol. The number of rotatable bonds is 4. The summed E-state index contributed by atoms with van der Waals surface area (Å²) < 4.78 is 3.68. The van der Waals surface area contributed by atoms with Crippen LogP contribution in [0.4, 0.5) is 5.69 Å². The van der Waals surface area contributed by atoms with Crippen LogP contribution in [-0.2, 0) is 6.54 Å². The van der Waals surface area contributed by atoms with Gasteiger partial charge in [0.25, 0.3) is 5.91 Å². The Morgan fingerprint density at radius 2 is 2.05 bits per heavy atom. The number of aromatic nitrogens is 1. The topological polar surface area (TPSA) is 34.0 Å². The van der Waals surface area contributed by atoms with E-state index in [0.717, 1.165) is 21.9 Å². The zero-order chi connectivity index (χ0) is 14.7. The Hall–Kier alpha value is -0.780. The second-order valence-electron chi connectivity index (χ2n) is 4.32. The Kier molecular flexibility index (Phi) is 5.29. The van der Waals surface area contributed by atoms with E-state index in [4.69, 9.17) is 11.6 Å². The molecule has 3 nitrogen and oxygen atoms in total. The summed E-state index contributed by atoms with van der Waals surface area (Å²) in [4.78, 5) is 12.3. The molecule has 1 amide bonds. The SMILES string of the molecule is CCCn1cc(Br)cc1C(=O)Nc1ccc(Br)cc1Cl. The number of anilines is 1. The molecular weight excluding hydrogens is 407 g/mol. The molecule has 2 rings (SSSR count). The Morgan fingerprint density at radius 1 is 1.30 bits per heavy atom. The summed E-state index contributed by atoms with van der Waals surface area (Å²) in [7, 11) is 0. The summed E-state index contributed by atoms with van der Waals surface area (Å²) in [5.74, 6) is -0.173. The number of aryl methyl sites for hydroxylation is 1. The van der Waals surface area contributed by atoms with Crippen LogP contribution in [0.15, 0.2) is 39.4 Å². The van der Waals surface area contributed by atoms with Crippen molar-refractivity contribution in [2.75, 3.05) is 5.32 Å². The van der Waals surface area contributed by atoms with Gasteiger partial charge in [-0.25, -0.2) is 0 Å². The molecule has 1 N–H and O–H groups in total. The molecule has 0 bridgehead atoms. The van der Waals surface area contributed by atoms with Crippen LogP contribution in [0.3, 0.4) is 0 Å². The second-order valence-corrected chi connectivity index (χ2v) is 6.55. The molecule has 6 heteroatoms. The summed E-state index contributed by atoms with van der Waals surface area (Å²) >= 11 is 12.8. The molecule has 0 unspecified atom stereocenters. The highest BCUT2D eigenvalue weighted by atomic mass is 79.9. The van der Waals surface area contributed by atoms with Gasteiger partial charge in [-0.2, -0.15) is 0 Å². The minimum atomic E-state index is -0.173. The third-order valence-electron chi connectivity index (χ3n) is 2.74.